The molecular formula is C22H19ClN2O4. The Balaban J connectivity index is 1.67. The summed E-state index contributed by atoms with van der Waals surface area (Å²) in [5, 5.41) is 14.6. The lowest BCUT2D eigenvalue weighted by atomic mass is 10.2. The maximum Gasteiger partial charge on any atom is 0.275 e. The Bertz CT molecular complexity index is 1020. The number of hydrazone groups is 1. The molecule has 2 N–H and O–H groups in total. The smallest absolute Gasteiger partial charge is 0.275 e. The van der Waals surface area contributed by atoms with Crippen LogP contribution >= 0.6 is 11.6 Å². The monoisotopic (exact) mass is 410 g/mol. The molecule has 0 atom stereocenters. The Morgan fingerprint density at radius 2 is 1.79 bits per heavy atom. The van der Waals surface area contributed by atoms with E-state index in [0.717, 1.165) is 5.56 Å². The number of phenolic OH excluding ortho intramolecular Hbond substituents is 1. The van der Waals surface area contributed by atoms with Crippen molar-refractivity contribution in [1.29, 1.82) is 0 Å². The Morgan fingerprint density at radius 3 is 2.55 bits per heavy atom. The van der Waals surface area contributed by atoms with Crippen LogP contribution in [0.4, 0.5) is 0 Å². The average molecular weight is 411 g/mol. The van der Waals surface area contributed by atoms with Gasteiger partial charge in [-0.05, 0) is 42.0 Å². The van der Waals surface area contributed by atoms with Crippen LogP contribution in [0, 0.1) is 0 Å². The summed E-state index contributed by atoms with van der Waals surface area (Å²) in [7, 11) is 1.46. The lowest BCUT2D eigenvalue weighted by Crippen LogP contribution is -2.18. The summed E-state index contributed by atoms with van der Waals surface area (Å²) in [6, 6.07) is 19.1. The van der Waals surface area contributed by atoms with E-state index in [1.807, 2.05) is 12.1 Å². The van der Waals surface area contributed by atoms with Crippen LogP contribution in [0.5, 0.6) is 17.2 Å². The van der Waals surface area contributed by atoms with Gasteiger partial charge in [-0.25, -0.2) is 5.43 Å². The Morgan fingerprint density at radius 1 is 1.07 bits per heavy atom. The van der Waals surface area contributed by atoms with Gasteiger partial charge < -0.3 is 14.6 Å². The number of nitrogens with zero attached hydrogens (tertiary/aromatic N) is 1. The van der Waals surface area contributed by atoms with Crippen molar-refractivity contribution < 1.29 is 19.4 Å². The van der Waals surface area contributed by atoms with E-state index in [9.17, 15) is 9.90 Å². The number of para-hydroxylation sites is 2. The number of halogens is 1. The molecular weight excluding hydrogens is 392 g/mol. The number of methoxy groups -OCH3 is 1. The van der Waals surface area contributed by atoms with Gasteiger partial charge in [0.15, 0.2) is 11.5 Å². The van der Waals surface area contributed by atoms with Gasteiger partial charge in [0.25, 0.3) is 5.91 Å². The minimum absolute atomic E-state index is 0.0558. The highest BCUT2D eigenvalue weighted by molar-refractivity contribution is 6.30. The first kappa shape index (κ1) is 20.2. The summed E-state index contributed by atoms with van der Waals surface area (Å²) in [5.41, 5.74) is 4.12. The van der Waals surface area contributed by atoms with E-state index < -0.39 is 5.91 Å². The van der Waals surface area contributed by atoms with E-state index in [2.05, 4.69) is 10.5 Å². The molecule has 0 bridgehead atoms. The van der Waals surface area contributed by atoms with Crippen molar-refractivity contribution in [2.24, 2.45) is 5.10 Å². The Hall–Kier alpha value is -3.51. The number of benzene rings is 3. The zero-order valence-electron chi connectivity index (χ0n) is 15.6. The topological polar surface area (TPSA) is 80.2 Å². The van der Waals surface area contributed by atoms with Gasteiger partial charge in [-0.1, -0.05) is 41.9 Å². The predicted molar refractivity (Wildman–Crippen MR) is 112 cm³/mol. The minimum atomic E-state index is -0.435. The maximum atomic E-state index is 12.5. The third-order valence-corrected chi connectivity index (χ3v) is 4.31. The van der Waals surface area contributed by atoms with Gasteiger partial charge in [-0.15, -0.1) is 0 Å². The fourth-order valence-electron chi connectivity index (χ4n) is 2.55. The number of phenols is 1. The maximum absolute atomic E-state index is 12.5. The highest BCUT2D eigenvalue weighted by Crippen LogP contribution is 2.28. The quantitative estimate of drug-likeness (QED) is 0.447. The van der Waals surface area contributed by atoms with Crippen LogP contribution in [0.15, 0.2) is 71.8 Å². The number of hydrogen-bond donors (Lipinski definition) is 2. The molecule has 3 aromatic rings. The molecule has 0 unspecified atom stereocenters. The van der Waals surface area contributed by atoms with Crippen molar-refractivity contribution in [3.05, 3.63) is 88.4 Å². The minimum Gasteiger partial charge on any atom is -0.504 e. The first-order valence-corrected chi connectivity index (χ1v) is 9.12. The first-order chi connectivity index (χ1) is 14.1. The molecule has 3 aromatic carbocycles. The van der Waals surface area contributed by atoms with Gasteiger partial charge in [0.1, 0.15) is 12.4 Å². The molecule has 148 valence electrons. The standard InChI is InChI=1S/C22H19ClN2O4/c1-28-20-8-4-5-16(21(20)26)13-24-25-22(27)18-6-2-3-7-19(18)29-14-15-9-11-17(23)12-10-15/h2-13,26H,14H2,1H3,(H,25,27). The number of carbonyl (C=O) groups is 1. The molecule has 0 heterocycles. The molecule has 3 rings (SSSR count). The summed E-state index contributed by atoms with van der Waals surface area (Å²) in [6.45, 7) is 0.294. The highest BCUT2D eigenvalue weighted by Gasteiger charge is 2.12. The molecule has 0 radical (unpaired) electrons. The number of hydrogen-bond acceptors (Lipinski definition) is 5. The normalized spacial score (nSPS) is 10.7. The van der Waals surface area contributed by atoms with Crippen molar-refractivity contribution in [2.75, 3.05) is 7.11 Å². The zero-order valence-corrected chi connectivity index (χ0v) is 16.4. The van der Waals surface area contributed by atoms with Crippen LogP contribution in [0.1, 0.15) is 21.5 Å². The molecule has 29 heavy (non-hydrogen) atoms. The SMILES string of the molecule is COc1cccc(C=NNC(=O)c2ccccc2OCc2ccc(Cl)cc2)c1O. The third-order valence-electron chi connectivity index (χ3n) is 4.06. The molecule has 1 amide bonds. The molecule has 0 aliphatic heterocycles. The van der Waals surface area contributed by atoms with Gasteiger partial charge >= 0.3 is 0 Å². The largest absolute Gasteiger partial charge is 0.504 e. The lowest BCUT2D eigenvalue weighted by molar-refractivity contribution is 0.0950. The summed E-state index contributed by atoms with van der Waals surface area (Å²) in [6.07, 6.45) is 1.34. The third kappa shape index (κ3) is 5.27. The van der Waals surface area contributed by atoms with E-state index in [1.165, 1.54) is 13.3 Å². The second kappa shape index (κ2) is 9.61. The Kier molecular flexibility index (Phi) is 6.71. The second-order valence-electron chi connectivity index (χ2n) is 6.01. The van der Waals surface area contributed by atoms with Crippen LogP contribution in [0.25, 0.3) is 0 Å². The number of nitrogens with one attached hydrogen (secondary N) is 1. The second-order valence-corrected chi connectivity index (χ2v) is 6.44. The first-order valence-electron chi connectivity index (χ1n) is 8.74. The molecule has 0 saturated heterocycles. The van der Waals surface area contributed by atoms with Gasteiger partial charge in [0, 0.05) is 10.6 Å². The highest BCUT2D eigenvalue weighted by atomic mass is 35.5. The number of aromatic hydroxyl groups is 1. The van der Waals surface area contributed by atoms with Crippen LogP contribution in [-0.4, -0.2) is 24.3 Å². The van der Waals surface area contributed by atoms with Gasteiger partial charge in [0.2, 0.25) is 0 Å². The van der Waals surface area contributed by atoms with Crippen LogP contribution in [0.3, 0.4) is 0 Å². The molecule has 0 aliphatic carbocycles. The zero-order chi connectivity index (χ0) is 20.6. The lowest BCUT2D eigenvalue weighted by Gasteiger charge is -2.10. The summed E-state index contributed by atoms with van der Waals surface area (Å²) in [5.74, 6) is 0.260. The molecule has 7 heteroatoms. The number of amides is 1. The fraction of sp³-hybridized carbons (Fsp3) is 0.0909. The predicted octanol–water partition coefficient (Wildman–Crippen LogP) is 4.40. The van der Waals surface area contributed by atoms with E-state index in [4.69, 9.17) is 21.1 Å². The van der Waals surface area contributed by atoms with Crippen molar-refractivity contribution in [2.45, 2.75) is 6.61 Å². The van der Waals surface area contributed by atoms with Gasteiger partial charge in [-0.2, -0.15) is 5.10 Å². The van der Waals surface area contributed by atoms with Crippen molar-refractivity contribution in [3.8, 4) is 17.2 Å². The van der Waals surface area contributed by atoms with Crippen LogP contribution in [-0.2, 0) is 6.61 Å². The van der Waals surface area contributed by atoms with E-state index in [-0.39, 0.29) is 5.75 Å². The van der Waals surface area contributed by atoms with E-state index in [1.54, 1.807) is 54.6 Å². The molecule has 6 nitrogen and oxygen atoms in total. The Labute approximate surface area is 173 Å². The fourth-order valence-corrected chi connectivity index (χ4v) is 2.68. The van der Waals surface area contributed by atoms with Gasteiger partial charge in [0.05, 0.1) is 18.9 Å². The summed E-state index contributed by atoms with van der Waals surface area (Å²) < 4.78 is 10.8. The number of rotatable bonds is 7. The molecule has 0 fully saturated rings. The van der Waals surface area contributed by atoms with Gasteiger partial charge in [-0.3, -0.25) is 4.79 Å². The van der Waals surface area contributed by atoms with E-state index >= 15 is 0 Å². The molecule has 0 aliphatic rings. The average Bonchev–Trinajstić information content (AvgIpc) is 2.74. The van der Waals surface area contributed by atoms with Crippen LogP contribution in [0.2, 0.25) is 5.02 Å². The molecule has 0 spiro atoms. The summed E-state index contributed by atoms with van der Waals surface area (Å²) >= 11 is 5.89. The summed E-state index contributed by atoms with van der Waals surface area (Å²) in [4.78, 5) is 12.5. The number of ether oxygens (including phenoxy) is 2. The van der Waals surface area contributed by atoms with Crippen molar-refractivity contribution in [3.63, 3.8) is 0 Å². The molecule has 0 saturated carbocycles. The van der Waals surface area contributed by atoms with E-state index in [0.29, 0.717) is 34.3 Å². The molecule has 0 aromatic heterocycles. The number of carbonyl (C=O) groups excluding carboxylic acids is 1. The van der Waals surface area contributed by atoms with Crippen molar-refractivity contribution >= 4 is 23.7 Å². The van der Waals surface area contributed by atoms with Crippen molar-refractivity contribution in [1.82, 2.24) is 5.43 Å². The van der Waals surface area contributed by atoms with Crippen LogP contribution < -0.4 is 14.9 Å².